The molecular weight excluding hydrogens is 454 g/mol. The van der Waals surface area contributed by atoms with E-state index in [0.29, 0.717) is 44.1 Å². The minimum atomic E-state index is -0.108. The number of carbonyl (C=O) groups excluding carboxylic acids is 2. The number of benzene rings is 2. The summed E-state index contributed by atoms with van der Waals surface area (Å²) in [4.78, 5) is 34.0. The number of carbonyl (C=O) groups is 2. The number of rotatable bonds is 9. The molecule has 2 aromatic carbocycles. The molecule has 0 aliphatic carbocycles. The SMILES string of the molecule is O=C(c1cccc(N2CCCC2=O)c1)N(Cc1cccc(OCC2CCOC2)c1)Cc1ccccn1. The number of aromatic nitrogens is 1. The van der Waals surface area contributed by atoms with E-state index in [0.717, 1.165) is 48.7 Å². The zero-order valence-electron chi connectivity index (χ0n) is 20.3. The second kappa shape index (κ2) is 11.4. The zero-order valence-corrected chi connectivity index (χ0v) is 20.3. The number of hydrogen-bond donors (Lipinski definition) is 0. The smallest absolute Gasteiger partial charge is 0.254 e. The quantitative estimate of drug-likeness (QED) is 0.447. The Morgan fingerprint density at radius 2 is 2.00 bits per heavy atom. The Morgan fingerprint density at radius 1 is 1.08 bits per heavy atom. The summed E-state index contributed by atoms with van der Waals surface area (Å²) in [6.07, 6.45) is 4.15. The van der Waals surface area contributed by atoms with Gasteiger partial charge in [0.2, 0.25) is 5.91 Å². The highest BCUT2D eigenvalue weighted by Gasteiger charge is 2.24. The number of nitrogens with zero attached hydrogens (tertiary/aromatic N) is 3. The summed E-state index contributed by atoms with van der Waals surface area (Å²) in [7, 11) is 0. The molecule has 0 bridgehead atoms. The number of anilines is 1. The molecule has 2 aliphatic heterocycles. The molecule has 186 valence electrons. The Balaban J connectivity index is 1.35. The highest BCUT2D eigenvalue weighted by atomic mass is 16.5. The molecule has 3 heterocycles. The topological polar surface area (TPSA) is 72.0 Å². The van der Waals surface area contributed by atoms with Crippen molar-refractivity contribution in [1.82, 2.24) is 9.88 Å². The monoisotopic (exact) mass is 485 g/mol. The van der Waals surface area contributed by atoms with Gasteiger partial charge >= 0.3 is 0 Å². The van der Waals surface area contributed by atoms with E-state index in [1.807, 2.05) is 60.7 Å². The molecular formula is C29H31N3O4. The molecule has 2 saturated heterocycles. The fourth-order valence-corrected chi connectivity index (χ4v) is 4.68. The normalized spacial score (nSPS) is 17.4. The van der Waals surface area contributed by atoms with E-state index >= 15 is 0 Å². The molecule has 0 radical (unpaired) electrons. The van der Waals surface area contributed by atoms with Crippen LogP contribution in [0.1, 0.15) is 40.9 Å². The average molecular weight is 486 g/mol. The summed E-state index contributed by atoms with van der Waals surface area (Å²) >= 11 is 0. The molecule has 7 heteroatoms. The Morgan fingerprint density at radius 3 is 2.78 bits per heavy atom. The lowest BCUT2D eigenvalue weighted by atomic mass is 10.1. The third-order valence-electron chi connectivity index (χ3n) is 6.63. The molecule has 5 rings (SSSR count). The lowest BCUT2D eigenvalue weighted by Gasteiger charge is -2.24. The van der Waals surface area contributed by atoms with Gasteiger partial charge in [0.15, 0.2) is 0 Å². The van der Waals surface area contributed by atoms with Crippen molar-refractivity contribution >= 4 is 17.5 Å². The lowest BCUT2D eigenvalue weighted by Crippen LogP contribution is -2.31. The van der Waals surface area contributed by atoms with E-state index in [4.69, 9.17) is 9.47 Å². The van der Waals surface area contributed by atoms with Crippen molar-refractivity contribution in [3.05, 3.63) is 89.7 Å². The molecule has 2 aliphatic rings. The van der Waals surface area contributed by atoms with Crippen LogP contribution in [0, 0.1) is 5.92 Å². The van der Waals surface area contributed by atoms with E-state index in [2.05, 4.69) is 4.98 Å². The first-order chi connectivity index (χ1) is 17.7. The standard InChI is InChI=1S/C29H31N3O4/c33-28-11-5-14-32(28)26-9-4-7-24(17-26)29(34)31(19-25-8-1-2-13-30-25)18-22-6-3-10-27(16-22)36-21-23-12-15-35-20-23/h1-4,6-10,13,16-17,23H,5,11-12,14-15,18-21H2. The highest BCUT2D eigenvalue weighted by molar-refractivity contribution is 5.99. The van der Waals surface area contributed by atoms with Crippen molar-refractivity contribution in [2.75, 3.05) is 31.3 Å². The second-order valence-electron chi connectivity index (χ2n) is 9.37. The number of amides is 2. The summed E-state index contributed by atoms with van der Waals surface area (Å²) in [5.41, 5.74) is 3.11. The van der Waals surface area contributed by atoms with Gasteiger partial charge in [-0.2, -0.15) is 0 Å². The first-order valence-corrected chi connectivity index (χ1v) is 12.5. The molecule has 7 nitrogen and oxygen atoms in total. The van der Waals surface area contributed by atoms with E-state index in [1.165, 1.54) is 0 Å². The first kappa shape index (κ1) is 24.0. The van der Waals surface area contributed by atoms with Gasteiger partial charge in [0.25, 0.3) is 5.91 Å². The van der Waals surface area contributed by atoms with Crippen LogP contribution in [0.2, 0.25) is 0 Å². The van der Waals surface area contributed by atoms with Crippen LogP contribution in [0.3, 0.4) is 0 Å². The molecule has 0 saturated carbocycles. The number of pyridine rings is 1. The van der Waals surface area contributed by atoms with Crippen LogP contribution in [0.4, 0.5) is 5.69 Å². The Kier molecular flexibility index (Phi) is 7.57. The van der Waals surface area contributed by atoms with E-state index < -0.39 is 0 Å². The van der Waals surface area contributed by atoms with Crippen LogP contribution in [-0.2, 0) is 22.6 Å². The summed E-state index contributed by atoms with van der Waals surface area (Å²) in [5, 5.41) is 0. The van der Waals surface area contributed by atoms with Gasteiger partial charge < -0.3 is 19.3 Å². The summed E-state index contributed by atoms with van der Waals surface area (Å²) in [5.74, 6) is 1.21. The third-order valence-corrected chi connectivity index (χ3v) is 6.63. The summed E-state index contributed by atoms with van der Waals surface area (Å²) < 4.78 is 11.5. The average Bonchev–Trinajstić information content (AvgIpc) is 3.59. The maximum absolute atomic E-state index is 13.7. The predicted molar refractivity (Wildman–Crippen MR) is 137 cm³/mol. The molecule has 1 aromatic heterocycles. The van der Waals surface area contributed by atoms with Gasteiger partial charge in [0.05, 0.1) is 25.5 Å². The first-order valence-electron chi connectivity index (χ1n) is 12.5. The molecule has 2 fully saturated rings. The van der Waals surface area contributed by atoms with Crippen LogP contribution in [0.5, 0.6) is 5.75 Å². The van der Waals surface area contributed by atoms with Crippen molar-refractivity contribution in [1.29, 1.82) is 0 Å². The van der Waals surface area contributed by atoms with Crippen LogP contribution < -0.4 is 9.64 Å². The number of ether oxygens (including phenoxy) is 2. The van der Waals surface area contributed by atoms with Crippen LogP contribution in [0.15, 0.2) is 72.9 Å². The molecule has 0 N–H and O–H groups in total. The van der Waals surface area contributed by atoms with Gasteiger partial charge in [-0.15, -0.1) is 0 Å². The molecule has 3 aromatic rings. The van der Waals surface area contributed by atoms with Crippen LogP contribution >= 0.6 is 0 Å². The van der Waals surface area contributed by atoms with Gasteiger partial charge in [-0.3, -0.25) is 14.6 Å². The lowest BCUT2D eigenvalue weighted by molar-refractivity contribution is -0.117. The van der Waals surface area contributed by atoms with Crippen LogP contribution in [0.25, 0.3) is 0 Å². The molecule has 1 unspecified atom stereocenters. The van der Waals surface area contributed by atoms with Crippen molar-refractivity contribution in [3.63, 3.8) is 0 Å². The summed E-state index contributed by atoms with van der Waals surface area (Å²) in [6.45, 7) is 3.64. The van der Waals surface area contributed by atoms with Gasteiger partial charge in [-0.1, -0.05) is 24.3 Å². The van der Waals surface area contributed by atoms with Crippen molar-refractivity contribution in [3.8, 4) is 5.75 Å². The Bertz CT molecular complexity index is 1190. The Hall–Kier alpha value is -3.71. The van der Waals surface area contributed by atoms with E-state index in [-0.39, 0.29) is 11.8 Å². The van der Waals surface area contributed by atoms with Gasteiger partial charge in [0, 0.05) is 49.5 Å². The second-order valence-corrected chi connectivity index (χ2v) is 9.37. The fourth-order valence-electron chi connectivity index (χ4n) is 4.68. The van der Waals surface area contributed by atoms with Crippen molar-refractivity contribution in [2.24, 2.45) is 5.92 Å². The van der Waals surface area contributed by atoms with E-state index in [1.54, 1.807) is 22.1 Å². The van der Waals surface area contributed by atoms with Crippen LogP contribution in [-0.4, -0.2) is 48.1 Å². The van der Waals surface area contributed by atoms with Gasteiger partial charge in [0.1, 0.15) is 5.75 Å². The molecule has 36 heavy (non-hydrogen) atoms. The van der Waals surface area contributed by atoms with Gasteiger partial charge in [-0.05, 0) is 60.9 Å². The van der Waals surface area contributed by atoms with Crippen molar-refractivity contribution < 1.29 is 19.1 Å². The Labute approximate surface area is 211 Å². The fraction of sp³-hybridized carbons (Fsp3) is 0.345. The maximum atomic E-state index is 13.7. The molecule has 0 spiro atoms. The highest BCUT2D eigenvalue weighted by Crippen LogP contribution is 2.24. The summed E-state index contributed by atoms with van der Waals surface area (Å²) in [6, 6.07) is 21.0. The third kappa shape index (κ3) is 5.91. The van der Waals surface area contributed by atoms with E-state index in [9.17, 15) is 9.59 Å². The predicted octanol–water partition coefficient (Wildman–Crippen LogP) is 4.47. The zero-order chi connectivity index (χ0) is 24.7. The van der Waals surface area contributed by atoms with Gasteiger partial charge in [-0.25, -0.2) is 0 Å². The maximum Gasteiger partial charge on any atom is 0.254 e. The largest absolute Gasteiger partial charge is 0.493 e. The van der Waals surface area contributed by atoms with Crippen molar-refractivity contribution in [2.45, 2.75) is 32.4 Å². The number of hydrogen-bond acceptors (Lipinski definition) is 5. The minimum absolute atomic E-state index is 0.103. The minimum Gasteiger partial charge on any atom is -0.493 e. The molecule has 1 atom stereocenters. The molecule has 2 amide bonds.